The molecule has 0 aromatic heterocycles. The van der Waals surface area contributed by atoms with Crippen LogP contribution in [0.3, 0.4) is 0 Å². The monoisotopic (exact) mass is 183 g/mol. The molecular weight excluding hydrogens is 158 g/mol. The molecule has 0 bridgehead atoms. The molecule has 78 valence electrons. The first-order valence-electron chi connectivity index (χ1n) is 5.88. The highest BCUT2D eigenvalue weighted by Gasteiger charge is 2.32. The molecule has 1 fully saturated rings. The normalized spacial score (nSPS) is 33.2. The van der Waals surface area contributed by atoms with Crippen LogP contribution in [0.2, 0.25) is 0 Å². The van der Waals surface area contributed by atoms with Gasteiger partial charge in [0.2, 0.25) is 0 Å². The molecule has 1 saturated carbocycles. The van der Waals surface area contributed by atoms with Gasteiger partial charge in [0.25, 0.3) is 0 Å². The maximum Gasteiger partial charge on any atom is 0.0120 e. The van der Waals surface area contributed by atoms with E-state index in [0.29, 0.717) is 0 Å². The highest BCUT2D eigenvalue weighted by Crippen LogP contribution is 2.36. The van der Waals surface area contributed by atoms with Gasteiger partial charge in [0.05, 0.1) is 0 Å². The summed E-state index contributed by atoms with van der Waals surface area (Å²) in [5, 5.41) is 3.53. The van der Waals surface area contributed by atoms with Gasteiger partial charge in [-0.15, -0.1) is 0 Å². The minimum Gasteiger partial charge on any atom is -0.316 e. The molecular formula is C12H25N. The lowest BCUT2D eigenvalue weighted by Crippen LogP contribution is -2.40. The van der Waals surface area contributed by atoms with E-state index in [1.165, 1.54) is 25.7 Å². The van der Waals surface area contributed by atoms with E-state index in [1.807, 2.05) is 0 Å². The van der Waals surface area contributed by atoms with Crippen LogP contribution in [-0.2, 0) is 0 Å². The van der Waals surface area contributed by atoms with Crippen molar-refractivity contribution in [1.82, 2.24) is 5.32 Å². The summed E-state index contributed by atoms with van der Waals surface area (Å²) in [6, 6.07) is 0.752. The van der Waals surface area contributed by atoms with Crippen LogP contribution in [0, 0.1) is 17.8 Å². The number of hydrogen-bond donors (Lipinski definition) is 1. The van der Waals surface area contributed by atoms with Crippen molar-refractivity contribution in [3.8, 4) is 0 Å². The first-order chi connectivity index (χ1) is 6.20. The average Bonchev–Trinajstić information content (AvgIpc) is 2.53. The lowest BCUT2D eigenvalue weighted by atomic mass is 9.82. The van der Waals surface area contributed by atoms with Gasteiger partial charge in [-0.2, -0.15) is 0 Å². The van der Waals surface area contributed by atoms with Crippen molar-refractivity contribution in [2.24, 2.45) is 17.8 Å². The maximum atomic E-state index is 3.53. The van der Waals surface area contributed by atoms with E-state index in [-0.39, 0.29) is 0 Å². The van der Waals surface area contributed by atoms with Crippen molar-refractivity contribution in [3.63, 3.8) is 0 Å². The van der Waals surface area contributed by atoms with E-state index >= 15 is 0 Å². The molecule has 0 aromatic rings. The first-order valence-corrected chi connectivity index (χ1v) is 5.88. The summed E-state index contributed by atoms with van der Waals surface area (Å²) in [6.45, 7) is 7.10. The molecule has 4 unspecified atom stereocenters. The molecule has 0 saturated heterocycles. The summed E-state index contributed by atoms with van der Waals surface area (Å²) in [4.78, 5) is 0. The Balaban J connectivity index is 2.54. The number of rotatable bonds is 4. The Morgan fingerprint density at radius 2 is 2.08 bits per heavy atom. The third-order valence-electron chi connectivity index (χ3n) is 3.98. The summed E-state index contributed by atoms with van der Waals surface area (Å²) in [6.07, 6.45) is 5.63. The molecule has 0 radical (unpaired) electrons. The van der Waals surface area contributed by atoms with Crippen molar-refractivity contribution in [1.29, 1.82) is 0 Å². The zero-order valence-corrected chi connectivity index (χ0v) is 9.64. The summed E-state index contributed by atoms with van der Waals surface area (Å²) >= 11 is 0. The largest absolute Gasteiger partial charge is 0.316 e. The maximum absolute atomic E-state index is 3.53. The van der Waals surface area contributed by atoms with E-state index in [2.05, 4.69) is 33.1 Å². The summed E-state index contributed by atoms with van der Waals surface area (Å²) in [7, 11) is 2.13. The van der Waals surface area contributed by atoms with Crippen LogP contribution in [0.1, 0.15) is 46.5 Å². The van der Waals surface area contributed by atoms with E-state index in [1.54, 1.807) is 0 Å². The molecule has 0 heterocycles. The third kappa shape index (κ3) is 2.46. The van der Waals surface area contributed by atoms with E-state index in [0.717, 1.165) is 23.8 Å². The van der Waals surface area contributed by atoms with Crippen LogP contribution in [0.15, 0.2) is 0 Å². The second-order valence-corrected chi connectivity index (χ2v) is 4.77. The fourth-order valence-corrected chi connectivity index (χ4v) is 2.88. The lowest BCUT2D eigenvalue weighted by molar-refractivity contribution is 0.238. The molecule has 0 amide bonds. The van der Waals surface area contributed by atoms with Gasteiger partial charge in [0, 0.05) is 6.04 Å². The quantitative estimate of drug-likeness (QED) is 0.706. The standard InChI is InChI=1S/C12H25N/c1-5-9(2)12(13-4)11-8-6-7-10(11)3/h9-13H,5-8H2,1-4H3. The lowest BCUT2D eigenvalue weighted by Gasteiger charge is -2.31. The minimum atomic E-state index is 0.752. The van der Waals surface area contributed by atoms with Crippen molar-refractivity contribution < 1.29 is 0 Å². The van der Waals surface area contributed by atoms with Crippen molar-refractivity contribution in [2.45, 2.75) is 52.5 Å². The molecule has 1 aliphatic rings. The molecule has 0 aromatic carbocycles. The van der Waals surface area contributed by atoms with E-state index < -0.39 is 0 Å². The van der Waals surface area contributed by atoms with Gasteiger partial charge in [-0.1, -0.05) is 40.0 Å². The van der Waals surface area contributed by atoms with Gasteiger partial charge in [-0.25, -0.2) is 0 Å². The van der Waals surface area contributed by atoms with E-state index in [9.17, 15) is 0 Å². The summed E-state index contributed by atoms with van der Waals surface area (Å²) in [5.74, 6) is 2.70. The Morgan fingerprint density at radius 3 is 2.46 bits per heavy atom. The number of hydrogen-bond acceptors (Lipinski definition) is 1. The van der Waals surface area contributed by atoms with Gasteiger partial charge < -0.3 is 5.32 Å². The molecule has 4 atom stereocenters. The minimum absolute atomic E-state index is 0.752. The van der Waals surface area contributed by atoms with Gasteiger partial charge in [0.15, 0.2) is 0 Å². The highest BCUT2D eigenvalue weighted by atomic mass is 14.9. The van der Waals surface area contributed by atoms with Gasteiger partial charge >= 0.3 is 0 Å². The van der Waals surface area contributed by atoms with Crippen LogP contribution in [0.25, 0.3) is 0 Å². The second kappa shape index (κ2) is 4.99. The average molecular weight is 183 g/mol. The summed E-state index contributed by atoms with van der Waals surface area (Å²) in [5.41, 5.74) is 0. The Morgan fingerprint density at radius 1 is 1.38 bits per heavy atom. The van der Waals surface area contributed by atoms with Crippen molar-refractivity contribution >= 4 is 0 Å². The fraction of sp³-hybridized carbons (Fsp3) is 1.00. The predicted molar refractivity (Wildman–Crippen MR) is 58.8 cm³/mol. The van der Waals surface area contributed by atoms with Crippen LogP contribution in [-0.4, -0.2) is 13.1 Å². The molecule has 13 heavy (non-hydrogen) atoms. The molecule has 0 aliphatic heterocycles. The number of nitrogens with one attached hydrogen (secondary N) is 1. The Labute approximate surface area is 83.3 Å². The zero-order chi connectivity index (χ0) is 9.84. The van der Waals surface area contributed by atoms with Gasteiger partial charge in [0.1, 0.15) is 0 Å². The molecule has 1 heteroatoms. The SMILES string of the molecule is CCC(C)C(NC)C1CCCC1C. The highest BCUT2D eigenvalue weighted by molar-refractivity contribution is 4.86. The first kappa shape index (κ1) is 11.0. The van der Waals surface area contributed by atoms with E-state index in [4.69, 9.17) is 0 Å². The Bertz CT molecular complexity index is 144. The van der Waals surface area contributed by atoms with Crippen LogP contribution in [0.4, 0.5) is 0 Å². The van der Waals surface area contributed by atoms with Crippen molar-refractivity contribution in [3.05, 3.63) is 0 Å². The van der Waals surface area contributed by atoms with Gasteiger partial charge in [-0.05, 0) is 31.2 Å². The smallest absolute Gasteiger partial charge is 0.0120 e. The molecule has 1 nitrogen and oxygen atoms in total. The molecule has 0 spiro atoms. The second-order valence-electron chi connectivity index (χ2n) is 4.77. The predicted octanol–water partition coefficient (Wildman–Crippen LogP) is 3.06. The molecule has 1 N–H and O–H groups in total. The Kier molecular flexibility index (Phi) is 4.24. The summed E-state index contributed by atoms with van der Waals surface area (Å²) < 4.78 is 0. The zero-order valence-electron chi connectivity index (χ0n) is 9.64. The van der Waals surface area contributed by atoms with Crippen LogP contribution in [0.5, 0.6) is 0 Å². The van der Waals surface area contributed by atoms with Crippen LogP contribution < -0.4 is 5.32 Å². The van der Waals surface area contributed by atoms with Crippen LogP contribution >= 0.6 is 0 Å². The third-order valence-corrected chi connectivity index (χ3v) is 3.98. The molecule has 1 aliphatic carbocycles. The topological polar surface area (TPSA) is 12.0 Å². The van der Waals surface area contributed by atoms with Gasteiger partial charge in [-0.3, -0.25) is 0 Å². The van der Waals surface area contributed by atoms with Crippen molar-refractivity contribution in [2.75, 3.05) is 7.05 Å². The fourth-order valence-electron chi connectivity index (χ4n) is 2.88. The Hall–Kier alpha value is -0.0400. The molecule has 1 rings (SSSR count).